The van der Waals surface area contributed by atoms with Gasteiger partial charge in [-0.2, -0.15) is 15.3 Å². The fourth-order valence-electron chi connectivity index (χ4n) is 15.0. The molecule has 738 valence electrons. The topological polar surface area (TPSA) is 290 Å². The van der Waals surface area contributed by atoms with Gasteiger partial charge in [0.25, 0.3) is 0 Å². The van der Waals surface area contributed by atoms with Gasteiger partial charge in [-0.05, 0) is 203 Å². The fourth-order valence-corrected chi connectivity index (χ4v) is 19.5. The Morgan fingerprint density at radius 3 is 1.29 bits per heavy atom. The van der Waals surface area contributed by atoms with Crippen LogP contribution in [0.2, 0.25) is 154 Å². The van der Waals surface area contributed by atoms with Gasteiger partial charge >= 0.3 is 0 Å². The molecule has 6 aromatic carbocycles. The summed E-state index contributed by atoms with van der Waals surface area (Å²) in [5.41, 5.74) is 14.4. The van der Waals surface area contributed by atoms with Crippen molar-refractivity contribution in [2.24, 2.45) is 0 Å². The third-order valence-corrected chi connectivity index (χ3v) is 33.6. The Labute approximate surface area is 816 Å². The van der Waals surface area contributed by atoms with Crippen LogP contribution >= 0.6 is 0 Å². The van der Waals surface area contributed by atoms with Crippen LogP contribution in [0.15, 0.2) is 158 Å². The molecule has 5 N–H and O–H groups in total. The predicted molar refractivity (Wildman–Crippen MR) is 566 cm³/mol. The van der Waals surface area contributed by atoms with Crippen molar-refractivity contribution in [3.8, 4) is 85.2 Å². The zero-order chi connectivity index (χ0) is 99.3. The van der Waals surface area contributed by atoms with Crippen molar-refractivity contribution in [3.05, 3.63) is 210 Å². The number of nitrogens with zero attached hydrogens (tertiary/aromatic N) is 12. The lowest BCUT2D eigenvalue weighted by molar-refractivity contribution is 0.0195. The lowest BCUT2D eigenvalue weighted by Gasteiger charge is -2.17. The smallest absolute Gasteiger partial charge is 0.189 e. The number of aryl methyl sites for hydroxylation is 3. The Morgan fingerprint density at radius 2 is 0.848 bits per heavy atom. The van der Waals surface area contributed by atoms with E-state index in [1.165, 1.54) is 12.1 Å². The summed E-state index contributed by atoms with van der Waals surface area (Å²) in [6.45, 7) is 53.9. The fraction of sp³-hybridized carbons (Fsp3) is 0.427. The molecule has 138 heavy (non-hydrogen) atoms. The first kappa shape index (κ1) is 106. The maximum absolute atomic E-state index is 15.6. The number of fused-ring (bicyclic) bond motifs is 3. The van der Waals surface area contributed by atoms with Crippen molar-refractivity contribution in [1.82, 2.24) is 68.8 Å². The summed E-state index contributed by atoms with van der Waals surface area (Å²) in [6.07, 6.45) is 11.8. The predicted octanol–water partition coefficient (Wildman–Crippen LogP) is 25.0. The SMILES string of the molecule is CCc1cc(O)c(F)cc1-c1ccc2c(-c3ncc(CNc4ccccn4)[nH]3)n[nH]c2c1.CCc1cc(OCOCC[Si](C)(C)C)c(F)cc1-c1ccc2c(-c3nc(C=O)cn3COCC[Si](C)(C)C)nn(COCC[Si](C)(C)C)c2c1.CCc1cc(OCOCC[Si](C)(C)C)c(F)cc1-c1ccc2c(-c3nc(CNc4ccccn4)cn3COCC[Si](C)(C)C)nn(COCC[Si](C)(C)C)c2c1. The van der Waals surface area contributed by atoms with Crippen molar-refractivity contribution >= 4 is 99.1 Å². The van der Waals surface area contributed by atoms with Crippen LogP contribution in [-0.2, 0) is 87.7 Å². The minimum atomic E-state index is -1.30. The second-order valence-electron chi connectivity index (χ2n) is 42.2. The Hall–Kier alpha value is -10.8. The first-order valence-electron chi connectivity index (χ1n) is 47.9. The molecule has 0 aliphatic carbocycles. The van der Waals surface area contributed by atoms with Gasteiger partial charge in [-0.3, -0.25) is 9.89 Å². The molecule has 0 bridgehead atoms. The number of carbonyl (C=O) groups is 1. The highest BCUT2D eigenvalue weighted by molar-refractivity contribution is 6.78. The molecule has 8 aromatic heterocycles. The lowest BCUT2D eigenvalue weighted by Crippen LogP contribution is -2.22. The summed E-state index contributed by atoms with van der Waals surface area (Å²) in [5.74, 6) is 2.06. The quantitative estimate of drug-likeness (QED) is 0.0102. The van der Waals surface area contributed by atoms with Crippen molar-refractivity contribution in [1.29, 1.82) is 0 Å². The summed E-state index contributed by atoms with van der Waals surface area (Å²) in [4.78, 5) is 38.0. The number of aromatic hydroxyl groups is 1. The van der Waals surface area contributed by atoms with Crippen molar-refractivity contribution in [2.75, 3.05) is 63.9 Å². The van der Waals surface area contributed by atoms with E-state index in [4.69, 9.17) is 53.1 Å². The Morgan fingerprint density at radius 1 is 0.435 bits per heavy atom. The molecule has 8 heterocycles. The van der Waals surface area contributed by atoms with E-state index in [1.807, 2.05) is 110 Å². The number of ether oxygens (including phenoxy) is 8. The van der Waals surface area contributed by atoms with Gasteiger partial charge in [-0.1, -0.05) is 169 Å². The van der Waals surface area contributed by atoms with Crippen molar-refractivity contribution < 1.29 is 61.0 Å². The van der Waals surface area contributed by atoms with E-state index in [0.717, 1.165) is 154 Å². The number of benzene rings is 6. The van der Waals surface area contributed by atoms with Gasteiger partial charge < -0.3 is 67.8 Å². The first-order valence-corrected chi connectivity index (χ1v) is 70.2. The summed E-state index contributed by atoms with van der Waals surface area (Å²) in [7, 11) is -7.58. The monoisotopic (exact) mass is 1990 g/mol. The summed E-state index contributed by atoms with van der Waals surface area (Å²) < 4.78 is 100. The minimum Gasteiger partial charge on any atom is -0.505 e. The van der Waals surface area contributed by atoms with Crippen LogP contribution in [0, 0.1) is 17.5 Å². The summed E-state index contributed by atoms with van der Waals surface area (Å²) in [6, 6.07) is 45.3. The highest BCUT2D eigenvalue weighted by Crippen LogP contribution is 2.40. The van der Waals surface area contributed by atoms with Gasteiger partial charge in [-0.15, -0.1) is 0 Å². The third kappa shape index (κ3) is 30.8. The Balaban J connectivity index is 0.000000192. The highest BCUT2D eigenvalue weighted by Gasteiger charge is 2.28. The first-order chi connectivity index (χ1) is 65.6. The van der Waals surface area contributed by atoms with Crippen molar-refractivity contribution in [3.63, 3.8) is 0 Å². The molecule has 0 unspecified atom stereocenters. The number of hydrogen-bond donors (Lipinski definition) is 5. The molecule has 0 spiro atoms. The molecule has 26 nitrogen and oxygen atoms in total. The molecule has 14 aromatic rings. The largest absolute Gasteiger partial charge is 0.505 e. The van der Waals surface area contributed by atoms with E-state index in [-0.39, 0.29) is 51.0 Å². The average Bonchev–Trinajstić information content (AvgIpc) is 1.60. The van der Waals surface area contributed by atoms with Crippen LogP contribution in [0.4, 0.5) is 24.8 Å². The number of aromatic nitrogens is 14. The summed E-state index contributed by atoms with van der Waals surface area (Å²) >= 11 is 0. The number of pyridine rings is 2. The lowest BCUT2D eigenvalue weighted by atomic mass is 9.96. The number of imidazole rings is 3. The molecule has 0 aliphatic rings. The number of hydrogen-bond acceptors (Lipinski definition) is 20. The van der Waals surface area contributed by atoms with Crippen LogP contribution in [0.25, 0.3) is 101 Å². The van der Waals surface area contributed by atoms with Crippen LogP contribution in [-0.4, -0.2) is 182 Å². The van der Waals surface area contributed by atoms with Gasteiger partial charge in [-0.25, -0.2) is 47.5 Å². The maximum Gasteiger partial charge on any atom is 0.189 e. The molecule has 0 fully saturated rings. The molecule has 0 saturated carbocycles. The number of phenolic OH excluding ortho intramolecular Hbond substituents is 1. The van der Waals surface area contributed by atoms with Crippen LogP contribution in [0.5, 0.6) is 17.2 Å². The van der Waals surface area contributed by atoms with Gasteiger partial charge in [0.2, 0.25) is 0 Å². The molecule has 14 rings (SSSR count). The standard InChI is InChI=1S/C42H63FN6O4Si3.C37H57FN4O5Si3.C24H21FN6O/c1-11-32-25-39(53-31-52-20-23-56(8,9)10)37(43)26-36(32)33-15-16-35-38(24-33)49(30-51-19-22-55(5,6)7)47-41(35)42-46-34(27-45-40-14-12-13-17-44-40)28-48(42)29-50-18-21-54(2,3)4;1-11-28-21-35(47-27-46-16-19-50(8,9)10)33(38)22-32(28)29-12-13-31-34(20-29)42(26-45-15-18-49(5,6)7)40-36(31)37-39-30(24-43)23-41(37)25-44-14-17-48(2,3)4;1-2-14-10-21(32)19(25)11-18(14)15-6-7-17-20(9-15)30-31-23(17)24-28-13-16(29-24)12-27-22-5-3-4-8-26-22/h12-17,24-26,28H,11,18-23,27,29-31H2,1-10H3,(H,44,45);12-13,20-24H,11,14-19,25-27H2,1-10H3;3-11,13,32H,2,12H2,1H3,(H,26,27)(H,28,29)(H,30,31). The molecule has 0 saturated heterocycles. The second-order valence-corrected chi connectivity index (χ2v) is 76.0. The highest BCUT2D eigenvalue weighted by atomic mass is 28.3. The number of rotatable bonds is 48. The third-order valence-electron chi connectivity index (χ3n) is 23.4. The Kier molecular flexibility index (Phi) is 36.8. The van der Waals surface area contributed by atoms with Crippen molar-refractivity contribution in [2.45, 2.75) is 234 Å². The number of nitrogens with one attached hydrogen (secondary N) is 4. The number of phenols is 1. The molecule has 0 radical (unpaired) electrons. The molecule has 0 atom stereocenters. The van der Waals surface area contributed by atoms with Crippen LogP contribution < -0.4 is 20.1 Å². The van der Waals surface area contributed by atoms with Crippen LogP contribution in [0.1, 0.15) is 59.3 Å². The molecular formula is C103H141F3N16O10Si6. The molecule has 0 aliphatic heterocycles. The number of aldehydes is 1. The van der Waals surface area contributed by atoms with E-state index in [0.29, 0.717) is 113 Å². The number of halogens is 3. The average molecular weight is 1990 g/mol. The maximum atomic E-state index is 15.6. The normalized spacial score (nSPS) is 12.2. The Bertz CT molecular complexity index is 6350. The van der Waals surface area contributed by atoms with Gasteiger partial charge in [0, 0.05) is 129 Å². The zero-order valence-corrected chi connectivity index (χ0v) is 90.5. The van der Waals surface area contributed by atoms with E-state index >= 15 is 8.78 Å². The number of anilines is 2. The van der Waals surface area contributed by atoms with Crippen LogP contribution in [0.3, 0.4) is 0 Å². The van der Waals surface area contributed by atoms with E-state index in [9.17, 15) is 14.3 Å². The molecular weight excluding hydrogens is 1850 g/mol. The van der Waals surface area contributed by atoms with E-state index in [2.05, 4.69) is 190 Å². The van der Waals surface area contributed by atoms with E-state index in [1.54, 1.807) is 49.1 Å². The van der Waals surface area contributed by atoms with Gasteiger partial charge in [0.05, 0.1) is 47.2 Å². The minimum absolute atomic E-state index is 0.0143. The number of aromatic amines is 2. The second kappa shape index (κ2) is 47.9. The molecule has 35 heteroatoms. The molecule has 0 amide bonds. The van der Waals surface area contributed by atoms with Gasteiger partial charge in [0.1, 0.15) is 61.3 Å². The summed E-state index contributed by atoms with van der Waals surface area (Å²) in [5, 5.41) is 36.7. The number of carbonyl (C=O) groups excluding carboxylic acids is 1. The van der Waals surface area contributed by atoms with Gasteiger partial charge in [0.15, 0.2) is 72.0 Å². The zero-order valence-electron chi connectivity index (χ0n) is 84.5. The van der Waals surface area contributed by atoms with E-state index < -0.39 is 65.9 Å². The number of H-pyrrole nitrogens is 2.